The average molecular weight is 362 g/mol. The Morgan fingerprint density at radius 1 is 1.07 bits per heavy atom. The van der Waals surface area contributed by atoms with E-state index in [9.17, 15) is 4.79 Å². The standard InChI is InChI=1S/C24H26O3/c1-4-5-6-7-18-8-10-19(11-9-18)22-15-20-14-21(26-16-17(2)3)12-13-23(20)27-24(22)25/h8-15H,2,4-7,16H2,1,3H3. The molecule has 0 aliphatic rings. The second-order valence-corrected chi connectivity index (χ2v) is 7.05. The van der Waals surface area contributed by atoms with E-state index in [0.29, 0.717) is 17.8 Å². The Morgan fingerprint density at radius 3 is 2.56 bits per heavy atom. The molecule has 0 spiro atoms. The molecule has 1 heterocycles. The van der Waals surface area contributed by atoms with Gasteiger partial charge in [-0.1, -0.05) is 50.6 Å². The lowest BCUT2D eigenvalue weighted by Gasteiger charge is -2.08. The first kappa shape index (κ1) is 19.0. The van der Waals surface area contributed by atoms with Crippen molar-refractivity contribution in [2.24, 2.45) is 0 Å². The maximum absolute atomic E-state index is 12.4. The fraction of sp³-hybridized carbons (Fsp3) is 0.292. The minimum atomic E-state index is -0.322. The molecule has 0 aliphatic heterocycles. The Bertz CT molecular complexity index is 981. The molecule has 0 atom stereocenters. The SMILES string of the molecule is C=C(C)COc1ccc2oc(=O)c(-c3ccc(CCCCC)cc3)cc2c1. The second kappa shape index (κ2) is 8.72. The molecule has 0 fully saturated rings. The number of fused-ring (bicyclic) bond motifs is 1. The second-order valence-electron chi connectivity index (χ2n) is 7.05. The first-order valence-corrected chi connectivity index (χ1v) is 9.51. The highest BCUT2D eigenvalue weighted by atomic mass is 16.5. The van der Waals surface area contributed by atoms with E-state index >= 15 is 0 Å². The number of aryl methyl sites for hydroxylation is 1. The molecule has 0 unspecified atom stereocenters. The molecule has 3 aromatic rings. The van der Waals surface area contributed by atoms with Crippen molar-refractivity contribution in [1.82, 2.24) is 0 Å². The molecule has 3 rings (SSSR count). The van der Waals surface area contributed by atoms with Gasteiger partial charge in [-0.25, -0.2) is 4.79 Å². The van der Waals surface area contributed by atoms with Crippen LogP contribution in [0.15, 0.2) is 69.9 Å². The minimum absolute atomic E-state index is 0.322. The molecule has 0 bridgehead atoms. The number of unbranched alkanes of at least 4 members (excludes halogenated alkanes) is 2. The van der Waals surface area contributed by atoms with Crippen LogP contribution in [0, 0.1) is 0 Å². The topological polar surface area (TPSA) is 39.4 Å². The van der Waals surface area contributed by atoms with Crippen LogP contribution in [0.2, 0.25) is 0 Å². The van der Waals surface area contributed by atoms with Crippen molar-refractivity contribution < 1.29 is 9.15 Å². The van der Waals surface area contributed by atoms with E-state index in [1.54, 1.807) is 12.1 Å². The number of ether oxygens (including phenoxy) is 1. The first-order chi connectivity index (χ1) is 13.1. The van der Waals surface area contributed by atoms with Gasteiger partial charge in [0, 0.05) is 5.39 Å². The lowest BCUT2D eigenvalue weighted by atomic mass is 10.0. The van der Waals surface area contributed by atoms with E-state index in [2.05, 4.69) is 25.6 Å². The monoisotopic (exact) mass is 362 g/mol. The summed E-state index contributed by atoms with van der Waals surface area (Å²) >= 11 is 0. The van der Waals surface area contributed by atoms with Crippen molar-refractivity contribution in [3.05, 3.63) is 76.7 Å². The van der Waals surface area contributed by atoms with Gasteiger partial charge in [0.15, 0.2) is 0 Å². The van der Waals surface area contributed by atoms with Gasteiger partial charge in [0.1, 0.15) is 17.9 Å². The Morgan fingerprint density at radius 2 is 1.85 bits per heavy atom. The van der Waals surface area contributed by atoms with Gasteiger partial charge in [-0.05, 0) is 60.7 Å². The molecule has 0 amide bonds. The molecule has 0 saturated heterocycles. The summed E-state index contributed by atoms with van der Waals surface area (Å²) in [5.41, 5.74) is 3.93. The fourth-order valence-corrected chi connectivity index (χ4v) is 3.03. The maximum Gasteiger partial charge on any atom is 0.344 e. The van der Waals surface area contributed by atoms with Crippen LogP contribution in [-0.4, -0.2) is 6.61 Å². The highest BCUT2D eigenvalue weighted by molar-refractivity contribution is 5.82. The van der Waals surface area contributed by atoms with Crippen molar-refractivity contribution in [3.63, 3.8) is 0 Å². The van der Waals surface area contributed by atoms with Crippen molar-refractivity contribution in [1.29, 1.82) is 0 Å². The van der Waals surface area contributed by atoms with E-state index < -0.39 is 0 Å². The van der Waals surface area contributed by atoms with Crippen LogP contribution in [0.3, 0.4) is 0 Å². The molecule has 27 heavy (non-hydrogen) atoms. The van der Waals surface area contributed by atoms with Crippen LogP contribution < -0.4 is 10.4 Å². The molecule has 0 aliphatic carbocycles. The zero-order chi connectivity index (χ0) is 19.2. The predicted molar refractivity (Wildman–Crippen MR) is 111 cm³/mol. The van der Waals surface area contributed by atoms with Crippen LogP contribution in [0.1, 0.15) is 38.7 Å². The third-order valence-electron chi connectivity index (χ3n) is 4.52. The van der Waals surface area contributed by atoms with Crippen molar-refractivity contribution >= 4 is 11.0 Å². The average Bonchev–Trinajstić information content (AvgIpc) is 2.67. The quantitative estimate of drug-likeness (QED) is 0.274. The Balaban J connectivity index is 1.87. The summed E-state index contributed by atoms with van der Waals surface area (Å²) in [5, 5.41) is 0.843. The molecule has 140 valence electrons. The molecule has 0 N–H and O–H groups in total. The highest BCUT2D eigenvalue weighted by Gasteiger charge is 2.09. The number of hydrogen-bond acceptors (Lipinski definition) is 3. The zero-order valence-electron chi connectivity index (χ0n) is 16.1. The zero-order valence-corrected chi connectivity index (χ0v) is 16.1. The van der Waals surface area contributed by atoms with Gasteiger partial charge in [-0.2, -0.15) is 0 Å². The van der Waals surface area contributed by atoms with Crippen LogP contribution in [0.4, 0.5) is 0 Å². The van der Waals surface area contributed by atoms with Gasteiger partial charge in [0.2, 0.25) is 0 Å². The predicted octanol–water partition coefficient (Wildman–Crippen LogP) is 6.15. The van der Waals surface area contributed by atoms with Gasteiger partial charge in [-0.3, -0.25) is 0 Å². The summed E-state index contributed by atoms with van der Waals surface area (Å²) in [4.78, 5) is 12.4. The Hall–Kier alpha value is -2.81. The van der Waals surface area contributed by atoms with Crippen LogP contribution in [-0.2, 0) is 6.42 Å². The number of rotatable bonds is 8. The number of benzene rings is 2. The highest BCUT2D eigenvalue weighted by Crippen LogP contribution is 2.25. The largest absolute Gasteiger partial charge is 0.489 e. The van der Waals surface area contributed by atoms with Crippen molar-refractivity contribution in [2.75, 3.05) is 6.61 Å². The van der Waals surface area contributed by atoms with Crippen LogP contribution >= 0.6 is 0 Å². The van der Waals surface area contributed by atoms with Crippen molar-refractivity contribution in [3.8, 4) is 16.9 Å². The summed E-state index contributed by atoms with van der Waals surface area (Å²) in [6.45, 7) is 8.44. The minimum Gasteiger partial charge on any atom is -0.489 e. The van der Waals surface area contributed by atoms with Gasteiger partial charge in [0.05, 0.1) is 5.56 Å². The first-order valence-electron chi connectivity index (χ1n) is 9.51. The van der Waals surface area contributed by atoms with E-state index in [0.717, 1.165) is 28.7 Å². The van der Waals surface area contributed by atoms with Crippen LogP contribution in [0.5, 0.6) is 5.75 Å². The molecular formula is C24H26O3. The van der Waals surface area contributed by atoms with Gasteiger partial charge >= 0.3 is 5.63 Å². The molecule has 3 heteroatoms. The third-order valence-corrected chi connectivity index (χ3v) is 4.52. The van der Waals surface area contributed by atoms with Gasteiger partial charge < -0.3 is 9.15 Å². The van der Waals surface area contributed by atoms with E-state index in [4.69, 9.17) is 9.15 Å². The molecule has 1 aromatic heterocycles. The number of hydrogen-bond donors (Lipinski definition) is 0. The van der Waals surface area contributed by atoms with E-state index in [1.807, 2.05) is 31.2 Å². The summed E-state index contributed by atoms with van der Waals surface area (Å²) in [6.07, 6.45) is 4.73. The molecule has 0 saturated carbocycles. The summed E-state index contributed by atoms with van der Waals surface area (Å²) in [7, 11) is 0. The van der Waals surface area contributed by atoms with Gasteiger partial charge in [0.25, 0.3) is 0 Å². The normalized spacial score (nSPS) is 10.9. The molecular weight excluding hydrogens is 336 g/mol. The van der Waals surface area contributed by atoms with Crippen LogP contribution in [0.25, 0.3) is 22.1 Å². The lowest BCUT2D eigenvalue weighted by Crippen LogP contribution is -2.03. The van der Waals surface area contributed by atoms with E-state index in [1.165, 1.54) is 24.8 Å². The summed E-state index contributed by atoms with van der Waals surface area (Å²) in [5.74, 6) is 0.733. The fourth-order valence-electron chi connectivity index (χ4n) is 3.03. The molecule has 3 nitrogen and oxygen atoms in total. The van der Waals surface area contributed by atoms with Crippen molar-refractivity contribution in [2.45, 2.75) is 39.5 Å². The summed E-state index contributed by atoms with van der Waals surface area (Å²) < 4.78 is 11.2. The lowest BCUT2D eigenvalue weighted by molar-refractivity contribution is 0.353. The van der Waals surface area contributed by atoms with Gasteiger partial charge in [-0.15, -0.1) is 0 Å². The summed E-state index contributed by atoms with van der Waals surface area (Å²) in [6, 6.07) is 15.5. The Kier molecular flexibility index (Phi) is 6.12. The van der Waals surface area contributed by atoms with E-state index in [-0.39, 0.29) is 5.63 Å². The maximum atomic E-state index is 12.4. The third kappa shape index (κ3) is 4.88. The Labute approximate surface area is 160 Å². The molecule has 0 radical (unpaired) electrons. The molecule has 2 aromatic carbocycles. The smallest absolute Gasteiger partial charge is 0.344 e.